The lowest BCUT2D eigenvalue weighted by Gasteiger charge is -2.18. The quantitative estimate of drug-likeness (QED) is 0.234. The number of aromatic hydroxyl groups is 2. The summed E-state index contributed by atoms with van der Waals surface area (Å²) in [6.07, 6.45) is -0.473. The first kappa shape index (κ1) is 23.8. The second-order valence-corrected chi connectivity index (χ2v) is 9.91. The van der Waals surface area contributed by atoms with Crippen LogP contribution in [0.25, 0.3) is 0 Å². The molecule has 0 aliphatic rings. The molecule has 0 aliphatic carbocycles. The van der Waals surface area contributed by atoms with Crippen LogP contribution in [-0.2, 0) is 11.0 Å². The number of aliphatic hydroxyl groups excluding tert-OH is 1. The maximum absolute atomic E-state index is 12.6. The standard InChI is InChI=1S/C24H28NO6P/c1-17(25-15-24(28)19-9-12-22(26)23(27)14-19)13-18-7-10-21(11-8-18)32(29,30)16-31-20-5-3-2-4-6-20/h2-12,14,17,24-28H,13,15-16H2,1H3,(H,29,30). The number of para-hydroxylation sites is 1. The van der Waals surface area contributed by atoms with E-state index in [1.54, 1.807) is 42.5 Å². The predicted molar refractivity (Wildman–Crippen MR) is 124 cm³/mol. The molecule has 3 rings (SSSR count). The molecule has 0 aliphatic heterocycles. The predicted octanol–water partition coefficient (Wildman–Crippen LogP) is 3.28. The normalized spacial score (nSPS) is 15.0. The molecule has 170 valence electrons. The van der Waals surface area contributed by atoms with Gasteiger partial charge in [0, 0.05) is 17.9 Å². The fourth-order valence-corrected chi connectivity index (χ4v) is 4.31. The van der Waals surface area contributed by atoms with Crippen molar-refractivity contribution in [1.82, 2.24) is 5.32 Å². The zero-order valence-electron chi connectivity index (χ0n) is 17.8. The van der Waals surface area contributed by atoms with E-state index in [1.165, 1.54) is 12.1 Å². The average molecular weight is 457 g/mol. The second-order valence-electron chi connectivity index (χ2n) is 7.73. The largest absolute Gasteiger partial charge is 0.504 e. The molecule has 0 bridgehead atoms. The number of hydrogen-bond donors (Lipinski definition) is 5. The van der Waals surface area contributed by atoms with E-state index in [9.17, 15) is 24.8 Å². The monoisotopic (exact) mass is 457 g/mol. The molecular weight excluding hydrogens is 429 g/mol. The Kier molecular flexibility index (Phi) is 7.94. The van der Waals surface area contributed by atoms with Gasteiger partial charge >= 0.3 is 0 Å². The van der Waals surface area contributed by atoms with Gasteiger partial charge in [-0.25, -0.2) is 0 Å². The molecule has 0 fully saturated rings. The Hall–Kier alpha value is -2.83. The summed E-state index contributed by atoms with van der Waals surface area (Å²) in [5.41, 5.74) is 1.48. The highest BCUT2D eigenvalue weighted by Crippen LogP contribution is 2.39. The summed E-state index contributed by atoms with van der Waals surface area (Å²) in [5.74, 6) is 0.0396. The summed E-state index contributed by atoms with van der Waals surface area (Å²) in [7, 11) is -3.64. The van der Waals surface area contributed by atoms with E-state index in [2.05, 4.69) is 5.32 Å². The number of rotatable bonds is 10. The molecule has 5 N–H and O–H groups in total. The third kappa shape index (κ3) is 6.58. The van der Waals surface area contributed by atoms with Crippen LogP contribution >= 0.6 is 7.37 Å². The smallest absolute Gasteiger partial charge is 0.265 e. The van der Waals surface area contributed by atoms with Gasteiger partial charge in [0.25, 0.3) is 7.37 Å². The summed E-state index contributed by atoms with van der Waals surface area (Å²) in [6.45, 7) is 2.24. The van der Waals surface area contributed by atoms with E-state index < -0.39 is 13.5 Å². The lowest BCUT2D eigenvalue weighted by molar-refractivity contribution is 0.170. The third-order valence-electron chi connectivity index (χ3n) is 5.07. The summed E-state index contributed by atoms with van der Waals surface area (Å²) in [4.78, 5) is 10.4. The number of ether oxygens (including phenoxy) is 1. The molecule has 3 unspecified atom stereocenters. The van der Waals surface area contributed by atoms with Gasteiger partial charge in [-0.2, -0.15) is 0 Å². The Bertz CT molecular complexity index is 1060. The van der Waals surface area contributed by atoms with Crippen molar-refractivity contribution in [2.24, 2.45) is 0 Å². The van der Waals surface area contributed by atoms with Crippen molar-refractivity contribution in [3.8, 4) is 17.2 Å². The molecule has 7 nitrogen and oxygen atoms in total. The summed E-state index contributed by atoms with van der Waals surface area (Å²) in [6, 6.07) is 20.1. The molecule has 0 radical (unpaired) electrons. The summed E-state index contributed by atoms with van der Waals surface area (Å²) < 4.78 is 18.1. The van der Waals surface area contributed by atoms with Gasteiger partial charge < -0.3 is 30.3 Å². The molecular formula is C24H28NO6P. The van der Waals surface area contributed by atoms with Crippen LogP contribution in [-0.4, -0.2) is 39.1 Å². The SMILES string of the molecule is CC(Cc1ccc(P(=O)(O)COc2ccccc2)cc1)NCC(O)c1ccc(O)c(O)c1. The highest BCUT2D eigenvalue weighted by atomic mass is 31.2. The number of nitrogens with one attached hydrogen (secondary N) is 1. The Morgan fingerprint density at radius 2 is 1.66 bits per heavy atom. The molecule has 3 aromatic carbocycles. The zero-order valence-corrected chi connectivity index (χ0v) is 18.7. The topological polar surface area (TPSA) is 119 Å². The molecule has 0 saturated carbocycles. The zero-order chi connectivity index (χ0) is 23.1. The van der Waals surface area contributed by atoms with Gasteiger partial charge in [-0.1, -0.05) is 36.4 Å². The first-order valence-electron chi connectivity index (χ1n) is 10.3. The van der Waals surface area contributed by atoms with Gasteiger partial charge in [0.1, 0.15) is 5.75 Å². The van der Waals surface area contributed by atoms with Crippen molar-refractivity contribution in [2.45, 2.75) is 25.5 Å². The fraction of sp³-hybridized carbons (Fsp3) is 0.250. The molecule has 0 aromatic heterocycles. The van der Waals surface area contributed by atoms with Crippen LogP contribution in [0.5, 0.6) is 17.2 Å². The van der Waals surface area contributed by atoms with E-state index in [4.69, 9.17) is 4.74 Å². The Morgan fingerprint density at radius 1 is 0.969 bits per heavy atom. The van der Waals surface area contributed by atoms with Crippen molar-refractivity contribution in [1.29, 1.82) is 0 Å². The van der Waals surface area contributed by atoms with Crippen LogP contribution in [0, 0.1) is 0 Å². The van der Waals surface area contributed by atoms with Gasteiger partial charge in [0.05, 0.1) is 6.10 Å². The van der Waals surface area contributed by atoms with Crippen molar-refractivity contribution in [3.63, 3.8) is 0 Å². The first-order valence-corrected chi connectivity index (χ1v) is 12.1. The molecule has 0 heterocycles. The highest BCUT2D eigenvalue weighted by Gasteiger charge is 2.22. The van der Waals surface area contributed by atoms with Gasteiger partial charge in [-0.3, -0.25) is 4.57 Å². The van der Waals surface area contributed by atoms with E-state index in [-0.39, 0.29) is 30.4 Å². The number of benzene rings is 3. The molecule has 3 aromatic rings. The van der Waals surface area contributed by atoms with E-state index >= 15 is 0 Å². The van der Waals surface area contributed by atoms with E-state index in [0.29, 0.717) is 23.0 Å². The van der Waals surface area contributed by atoms with Crippen LogP contribution in [0.1, 0.15) is 24.2 Å². The molecule has 3 atom stereocenters. The van der Waals surface area contributed by atoms with Crippen LogP contribution in [0.4, 0.5) is 0 Å². The van der Waals surface area contributed by atoms with E-state index in [1.807, 2.05) is 25.1 Å². The van der Waals surface area contributed by atoms with Gasteiger partial charge in [-0.15, -0.1) is 0 Å². The van der Waals surface area contributed by atoms with Crippen LogP contribution in [0.3, 0.4) is 0 Å². The van der Waals surface area contributed by atoms with E-state index in [0.717, 1.165) is 5.56 Å². The van der Waals surface area contributed by atoms with Crippen molar-refractivity contribution in [3.05, 3.63) is 83.9 Å². The minimum Gasteiger partial charge on any atom is -0.504 e. The highest BCUT2D eigenvalue weighted by molar-refractivity contribution is 7.65. The maximum Gasteiger partial charge on any atom is 0.265 e. The molecule has 8 heteroatoms. The van der Waals surface area contributed by atoms with Crippen LogP contribution in [0.2, 0.25) is 0 Å². The van der Waals surface area contributed by atoms with Crippen LogP contribution < -0.4 is 15.4 Å². The van der Waals surface area contributed by atoms with Gasteiger partial charge in [0.2, 0.25) is 0 Å². The number of hydrogen-bond acceptors (Lipinski definition) is 6. The third-order valence-corrected chi connectivity index (χ3v) is 6.66. The first-order chi connectivity index (χ1) is 15.2. The maximum atomic E-state index is 12.6. The Morgan fingerprint density at radius 3 is 2.31 bits per heavy atom. The fourth-order valence-electron chi connectivity index (χ4n) is 3.22. The lowest BCUT2D eigenvalue weighted by atomic mass is 10.1. The summed E-state index contributed by atoms with van der Waals surface area (Å²) in [5, 5.41) is 32.8. The number of phenolic OH excluding ortho intramolecular Hbond substituents is 2. The Labute approximate surface area is 187 Å². The molecule has 0 saturated heterocycles. The second kappa shape index (κ2) is 10.7. The molecule has 0 amide bonds. The van der Waals surface area contributed by atoms with Crippen molar-refractivity contribution < 1.29 is 29.5 Å². The Balaban J connectivity index is 1.50. The lowest BCUT2D eigenvalue weighted by Crippen LogP contribution is -2.32. The minimum absolute atomic E-state index is 0.0311. The molecule has 32 heavy (non-hydrogen) atoms. The molecule has 0 spiro atoms. The van der Waals surface area contributed by atoms with Crippen molar-refractivity contribution >= 4 is 12.7 Å². The van der Waals surface area contributed by atoms with Gasteiger partial charge in [0.15, 0.2) is 17.8 Å². The number of phenols is 2. The number of aliphatic hydroxyl groups is 1. The average Bonchev–Trinajstić information content (AvgIpc) is 2.79. The van der Waals surface area contributed by atoms with Crippen LogP contribution in [0.15, 0.2) is 72.8 Å². The van der Waals surface area contributed by atoms with Gasteiger partial charge in [-0.05, 0) is 60.9 Å². The minimum atomic E-state index is -3.64. The summed E-state index contributed by atoms with van der Waals surface area (Å²) >= 11 is 0. The van der Waals surface area contributed by atoms with Crippen molar-refractivity contribution in [2.75, 3.05) is 12.9 Å².